The van der Waals surface area contributed by atoms with Crippen LogP contribution in [0.5, 0.6) is 0 Å². The number of carbonyl (C=O) groups excluding carboxylic acids is 2. The molecule has 3 N–H and O–H groups in total. The molecule has 3 atom stereocenters. The Morgan fingerprint density at radius 2 is 1.68 bits per heavy atom. The number of rotatable bonds is 7. The van der Waals surface area contributed by atoms with E-state index < -0.39 is 35.5 Å². The molecule has 2 amide bonds. The molecule has 8 nitrogen and oxygen atoms in total. The van der Waals surface area contributed by atoms with Gasteiger partial charge in [-0.05, 0) is 35.1 Å². The highest BCUT2D eigenvalue weighted by molar-refractivity contribution is 5.87. The van der Waals surface area contributed by atoms with Crippen molar-refractivity contribution in [3.63, 3.8) is 0 Å². The van der Waals surface area contributed by atoms with Crippen LogP contribution in [-0.4, -0.2) is 55.0 Å². The highest BCUT2D eigenvalue weighted by atomic mass is 16.5. The van der Waals surface area contributed by atoms with Crippen molar-refractivity contribution in [2.75, 3.05) is 19.8 Å². The Labute approximate surface area is 198 Å². The maximum Gasteiger partial charge on any atom is 0.407 e. The van der Waals surface area contributed by atoms with Crippen molar-refractivity contribution in [2.45, 2.75) is 38.8 Å². The van der Waals surface area contributed by atoms with E-state index in [9.17, 15) is 19.5 Å². The van der Waals surface area contributed by atoms with Gasteiger partial charge in [0.1, 0.15) is 18.1 Å². The smallest absolute Gasteiger partial charge is 0.407 e. The molecular formula is C26H30N2O6. The summed E-state index contributed by atoms with van der Waals surface area (Å²) >= 11 is 0. The molecule has 1 aliphatic carbocycles. The zero-order chi connectivity index (χ0) is 24.5. The fourth-order valence-electron chi connectivity index (χ4n) is 4.65. The van der Waals surface area contributed by atoms with Gasteiger partial charge in [0.25, 0.3) is 0 Å². The number of hydrogen-bond acceptors (Lipinski definition) is 5. The first kappa shape index (κ1) is 23.8. The zero-order valence-electron chi connectivity index (χ0n) is 19.5. The van der Waals surface area contributed by atoms with E-state index >= 15 is 0 Å². The van der Waals surface area contributed by atoms with Gasteiger partial charge in [-0.2, -0.15) is 0 Å². The summed E-state index contributed by atoms with van der Waals surface area (Å²) in [6, 6.07) is 14.5. The lowest BCUT2D eigenvalue weighted by Gasteiger charge is -2.29. The number of benzene rings is 2. The van der Waals surface area contributed by atoms with Crippen molar-refractivity contribution < 1.29 is 29.0 Å². The first-order chi connectivity index (χ1) is 16.2. The van der Waals surface area contributed by atoms with Crippen LogP contribution in [0.4, 0.5) is 4.79 Å². The molecular weight excluding hydrogens is 436 g/mol. The topological polar surface area (TPSA) is 114 Å². The fourth-order valence-corrected chi connectivity index (χ4v) is 4.65. The summed E-state index contributed by atoms with van der Waals surface area (Å²) in [6.45, 7) is 5.39. The van der Waals surface area contributed by atoms with Crippen molar-refractivity contribution in [3.8, 4) is 11.1 Å². The average Bonchev–Trinajstić information content (AvgIpc) is 3.34. The van der Waals surface area contributed by atoms with Crippen LogP contribution < -0.4 is 10.6 Å². The maximum absolute atomic E-state index is 12.9. The summed E-state index contributed by atoms with van der Waals surface area (Å²) in [5.41, 5.74) is 3.24. The zero-order valence-corrected chi connectivity index (χ0v) is 19.5. The molecule has 1 aliphatic heterocycles. The van der Waals surface area contributed by atoms with E-state index in [1.165, 1.54) is 6.92 Å². The van der Waals surface area contributed by atoms with E-state index in [1.807, 2.05) is 36.4 Å². The van der Waals surface area contributed by atoms with Gasteiger partial charge in [-0.3, -0.25) is 9.59 Å². The summed E-state index contributed by atoms with van der Waals surface area (Å²) in [7, 11) is 0. The van der Waals surface area contributed by atoms with Crippen LogP contribution in [0.1, 0.15) is 37.8 Å². The number of ether oxygens (including phenoxy) is 2. The summed E-state index contributed by atoms with van der Waals surface area (Å²) in [4.78, 5) is 37.3. The predicted molar refractivity (Wildman–Crippen MR) is 125 cm³/mol. The van der Waals surface area contributed by atoms with E-state index in [2.05, 4.69) is 22.8 Å². The Bertz CT molecular complexity index is 1050. The number of carbonyl (C=O) groups is 3. The third-order valence-corrected chi connectivity index (χ3v) is 6.83. The van der Waals surface area contributed by atoms with Crippen LogP contribution in [-0.2, 0) is 19.1 Å². The Morgan fingerprint density at radius 3 is 2.24 bits per heavy atom. The third-order valence-electron chi connectivity index (χ3n) is 6.83. The third kappa shape index (κ3) is 4.37. The first-order valence-electron chi connectivity index (χ1n) is 11.5. The van der Waals surface area contributed by atoms with Crippen molar-refractivity contribution in [3.05, 3.63) is 59.7 Å². The lowest BCUT2D eigenvalue weighted by molar-refractivity contribution is -0.149. The second-order valence-corrected chi connectivity index (χ2v) is 9.49. The molecule has 0 aromatic heterocycles. The Morgan fingerprint density at radius 1 is 1.09 bits per heavy atom. The number of nitrogens with one attached hydrogen (secondary N) is 2. The van der Waals surface area contributed by atoms with E-state index in [0.29, 0.717) is 0 Å². The van der Waals surface area contributed by atoms with Crippen LogP contribution >= 0.6 is 0 Å². The largest absolute Gasteiger partial charge is 0.481 e. The van der Waals surface area contributed by atoms with Crippen LogP contribution in [0, 0.1) is 11.3 Å². The van der Waals surface area contributed by atoms with Gasteiger partial charge >= 0.3 is 12.1 Å². The minimum atomic E-state index is -1.22. The number of alkyl carbamates (subject to hydrolysis) is 1. The Kier molecular flexibility index (Phi) is 6.61. The van der Waals surface area contributed by atoms with Crippen LogP contribution in [0.2, 0.25) is 0 Å². The van der Waals surface area contributed by atoms with Crippen molar-refractivity contribution in [1.82, 2.24) is 10.6 Å². The standard InChI is InChI=1S/C26H30N2O6/c1-15(2)22(23(29)27-21-13-33-14-26(21,3)24(30)31)28-25(32)34-12-20-18-10-6-4-8-16(18)17-9-5-7-11-19(17)20/h4-11,15,20-22H,12-14H2,1-3H3,(H,27,29)(H,28,32)(H,30,31)/t21?,22-,26?/m0/s1. The minimum Gasteiger partial charge on any atom is -0.481 e. The molecule has 34 heavy (non-hydrogen) atoms. The molecule has 1 heterocycles. The molecule has 0 radical (unpaired) electrons. The molecule has 1 saturated heterocycles. The highest BCUT2D eigenvalue weighted by Crippen LogP contribution is 2.44. The fraction of sp³-hybridized carbons (Fsp3) is 0.423. The lowest BCUT2D eigenvalue weighted by atomic mass is 9.85. The van der Waals surface area contributed by atoms with Gasteiger partial charge in [-0.25, -0.2) is 4.79 Å². The van der Waals surface area contributed by atoms with Crippen molar-refractivity contribution >= 4 is 18.0 Å². The van der Waals surface area contributed by atoms with Gasteiger partial charge in [0.2, 0.25) is 5.91 Å². The van der Waals surface area contributed by atoms with Gasteiger partial charge in [0.05, 0.1) is 19.3 Å². The lowest BCUT2D eigenvalue weighted by Crippen LogP contribution is -2.56. The van der Waals surface area contributed by atoms with Crippen molar-refractivity contribution in [1.29, 1.82) is 0 Å². The number of carboxylic acids is 1. The van der Waals surface area contributed by atoms with Crippen LogP contribution in [0.3, 0.4) is 0 Å². The molecule has 2 aromatic carbocycles. The molecule has 8 heteroatoms. The molecule has 4 rings (SSSR count). The quantitative estimate of drug-likeness (QED) is 0.578. The van der Waals surface area contributed by atoms with Crippen LogP contribution in [0.25, 0.3) is 11.1 Å². The molecule has 2 aromatic rings. The number of amides is 2. The SMILES string of the molecule is CC(C)[C@H](NC(=O)OCC1c2ccccc2-c2ccccc21)C(=O)NC1COCC1(C)C(=O)O. The van der Waals surface area contributed by atoms with E-state index in [0.717, 1.165) is 22.3 Å². The predicted octanol–water partition coefficient (Wildman–Crippen LogP) is 3.16. The van der Waals surface area contributed by atoms with E-state index in [1.54, 1.807) is 13.8 Å². The molecule has 180 valence electrons. The molecule has 0 spiro atoms. The average molecular weight is 467 g/mol. The molecule has 2 aliphatic rings. The Hall–Kier alpha value is -3.39. The van der Waals surface area contributed by atoms with E-state index in [4.69, 9.17) is 9.47 Å². The Balaban J connectivity index is 1.40. The maximum atomic E-state index is 12.9. The summed E-state index contributed by atoms with van der Waals surface area (Å²) in [5.74, 6) is -1.83. The second kappa shape index (κ2) is 9.46. The normalized spacial score (nSPS) is 22.1. The molecule has 0 bridgehead atoms. The van der Waals surface area contributed by atoms with E-state index in [-0.39, 0.29) is 31.7 Å². The molecule has 2 unspecified atom stereocenters. The number of hydrogen-bond donors (Lipinski definition) is 3. The number of aliphatic carboxylic acids is 1. The summed E-state index contributed by atoms with van der Waals surface area (Å²) in [6.07, 6.45) is -0.695. The molecule has 0 saturated carbocycles. The van der Waals surface area contributed by atoms with Gasteiger partial charge < -0.3 is 25.2 Å². The number of carboxylic acid groups (broad SMARTS) is 1. The highest BCUT2D eigenvalue weighted by Gasteiger charge is 2.48. The minimum absolute atomic E-state index is 0.0133. The summed E-state index contributed by atoms with van der Waals surface area (Å²) < 4.78 is 10.9. The first-order valence-corrected chi connectivity index (χ1v) is 11.5. The number of fused-ring (bicyclic) bond motifs is 3. The van der Waals surface area contributed by atoms with Gasteiger partial charge in [0, 0.05) is 5.92 Å². The van der Waals surface area contributed by atoms with Gasteiger partial charge in [0.15, 0.2) is 0 Å². The van der Waals surface area contributed by atoms with Gasteiger partial charge in [-0.15, -0.1) is 0 Å². The monoisotopic (exact) mass is 466 g/mol. The van der Waals surface area contributed by atoms with Gasteiger partial charge in [-0.1, -0.05) is 62.4 Å². The van der Waals surface area contributed by atoms with Crippen molar-refractivity contribution in [2.24, 2.45) is 11.3 Å². The van der Waals surface area contributed by atoms with Crippen LogP contribution in [0.15, 0.2) is 48.5 Å². The summed E-state index contributed by atoms with van der Waals surface area (Å²) in [5, 5.41) is 14.9. The molecule has 1 fully saturated rings. The second-order valence-electron chi connectivity index (χ2n) is 9.49.